The van der Waals surface area contributed by atoms with E-state index in [1.807, 2.05) is 6.92 Å². The molecule has 0 saturated heterocycles. The molecular formula is C16H22O3. The monoisotopic (exact) mass is 262 g/mol. The quantitative estimate of drug-likeness (QED) is 0.826. The molecule has 3 heteroatoms. The van der Waals surface area contributed by atoms with Crippen molar-refractivity contribution in [3.8, 4) is 11.5 Å². The Kier molecular flexibility index (Phi) is 3.83. The number of carbonyl (C=O) groups excluding carboxylic acids is 1. The summed E-state index contributed by atoms with van der Waals surface area (Å²) in [5.41, 5.74) is 0.281. The number of ether oxygens (including phenoxy) is 2. The van der Waals surface area contributed by atoms with Crippen LogP contribution < -0.4 is 9.47 Å². The van der Waals surface area contributed by atoms with Crippen LogP contribution in [0.5, 0.6) is 11.5 Å². The predicted molar refractivity (Wildman–Crippen MR) is 75.0 cm³/mol. The topological polar surface area (TPSA) is 35.5 Å². The fourth-order valence-electron chi connectivity index (χ4n) is 2.41. The number of methoxy groups -OCH3 is 1. The van der Waals surface area contributed by atoms with E-state index >= 15 is 0 Å². The summed E-state index contributed by atoms with van der Waals surface area (Å²) in [7, 11) is 1.62. The highest BCUT2D eigenvalue weighted by Crippen LogP contribution is 2.38. The van der Waals surface area contributed by atoms with Gasteiger partial charge in [0.25, 0.3) is 0 Å². The average Bonchev–Trinajstić information content (AvgIpc) is 2.35. The number of carbonyl (C=O) groups is 1. The van der Waals surface area contributed by atoms with Crippen LogP contribution in [-0.2, 0) is 0 Å². The third-order valence-electron chi connectivity index (χ3n) is 3.63. The summed E-state index contributed by atoms with van der Waals surface area (Å²) in [6.07, 6.45) is 2.41. The second-order valence-electron chi connectivity index (χ2n) is 5.95. The second-order valence-corrected chi connectivity index (χ2v) is 5.95. The maximum Gasteiger partial charge on any atom is 0.170 e. The van der Waals surface area contributed by atoms with Crippen LogP contribution in [0.25, 0.3) is 0 Å². The minimum atomic E-state index is -0.388. The van der Waals surface area contributed by atoms with Crippen LogP contribution in [0.1, 0.15) is 50.4 Å². The highest BCUT2D eigenvalue weighted by molar-refractivity contribution is 6.00. The number of hydrogen-bond donors (Lipinski definition) is 0. The van der Waals surface area contributed by atoms with Gasteiger partial charge in [-0.25, -0.2) is 0 Å². The van der Waals surface area contributed by atoms with E-state index in [4.69, 9.17) is 9.47 Å². The van der Waals surface area contributed by atoms with E-state index in [1.54, 1.807) is 25.3 Å². The number of fused-ring (bicyclic) bond motifs is 1. The lowest BCUT2D eigenvalue weighted by molar-refractivity contribution is 0.0434. The summed E-state index contributed by atoms with van der Waals surface area (Å²) >= 11 is 0. The summed E-state index contributed by atoms with van der Waals surface area (Å²) in [6.45, 7) is 6.39. The molecular weight excluding hydrogens is 240 g/mol. The minimum absolute atomic E-state index is 0.162. The molecule has 1 aliphatic rings. The number of benzene rings is 1. The molecule has 2 rings (SSSR count). The van der Waals surface area contributed by atoms with Gasteiger partial charge in [0.1, 0.15) is 17.1 Å². The lowest BCUT2D eigenvalue weighted by Crippen LogP contribution is -2.39. The molecule has 1 aliphatic heterocycles. The van der Waals surface area contributed by atoms with Gasteiger partial charge in [-0.15, -0.1) is 0 Å². The van der Waals surface area contributed by atoms with Gasteiger partial charge in [0.05, 0.1) is 19.1 Å². The van der Waals surface area contributed by atoms with Crippen molar-refractivity contribution in [1.82, 2.24) is 0 Å². The predicted octanol–water partition coefficient (Wildman–Crippen LogP) is 3.86. The zero-order chi connectivity index (χ0) is 14.0. The van der Waals surface area contributed by atoms with E-state index < -0.39 is 0 Å². The second kappa shape index (κ2) is 5.24. The molecule has 0 bridgehead atoms. The number of Topliss-reactive ketones (excluding diaryl/α,β-unsaturated/α-hetero) is 1. The Morgan fingerprint density at radius 2 is 2.16 bits per heavy atom. The van der Waals surface area contributed by atoms with E-state index in [-0.39, 0.29) is 11.4 Å². The Morgan fingerprint density at radius 3 is 2.79 bits per heavy atom. The molecule has 1 aromatic carbocycles. The summed E-state index contributed by atoms with van der Waals surface area (Å²) < 4.78 is 11.3. The van der Waals surface area contributed by atoms with Crippen molar-refractivity contribution >= 4 is 5.78 Å². The molecule has 1 aromatic rings. The smallest absolute Gasteiger partial charge is 0.170 e. The van der Waals surface area contributed by atoms with Gasteiger partial charge >= 0.3 is 0 Å². The highest BCUT2D eigenvalue weighted by Gasteiger charge is 2.36. The van der Waals surface area contributed by atoms with E-state index in [9.17, 15) is 4.79 Å². The van der Waals surface area contributed by atoms with Gasteiger partial charge in [-0.05, 0) is 37.8 Å². The Morgan fingerprint density at radius 1 is 1.42 bits per heavy atom. The SMILES string of the molecule is COc1ccc2c(c1)OC(C)(CCC(C)C)CC2=O. The minimum Gasteiger partial charge on any atom is -0.497 e. The molecule has 0 N–H and O–H groups in total. The Hall–Kier alpha value is -1.51. The van der Waals surface area contributed by atoms with Crippen LogP contribution in [0.4, 0.5) is 0 Å². The van der Waals surface area contributed by atoms with Crippen molar-refractivity contribution in [2.75, 3.05) is 7.11 Å². The zero-order valence-electron chi connectivity index (χ0n) is 12.2. The van der Waals surface area contributed by atoms with E-state index in [0.29, 0.717) is 23.7 Å². The van der Waals surface area contributed by atoms with Crippen molar-refractivity contribution in [2.45, 2.75) is 45.6 Å². The van der Waals surface area contributed by atoms with E-state index in [1.165, 1.54) is 0 Å². The van der Waals surface area contributed by atoms with Crippen LogP contribution >= 0.6 is 0 Å². The molecule has 3 nitrogen and oxygen atoms in total. The summed E-state index contributed by atoms with van der Waals surface area (Å²) in [4.78, 5) is 12.2. The molecule has 0 saturated carbocycles. The van der Waals surface area contributed by atoms with Gasteiger partial charge in [0.15, 0.2) is 5.78 Å². The maximum absolute atomic E-state index is 12.2. The van der Waals surface area contributed by atoms with Gasteiger partial charge < -0.3 is 9.47 Å². The lowest BCUT2D eigenvalue weighted by Gasteiger charge is -2.35. The molecule has 104 valence electrons. The number of rotatable bonds is 4. The molecule has 1 unspecified atom stereocenters. The first-order valence-electron chi connectivity index (χ1n) is 6.84. The van der Waals surface area contributed by atoms with Crippen molar-refractivity contribution in [2.24, 2.45) is 5.92 Å². The Balaban J connectivity index is 2.24. The summed E-state index contributed by atoms with van der Waals surface area (Å²) in [5, 5.41) is 0. The zero-order valence-corrected chi connectivity index (χ0v) is 12.2. The highest BCUT2D eigenvalue weighted by atomic mass is 16.5. The van der Waals surface area contributed by atoms with Gasteiger partial charge in [0, 0.05) is 6.07 Å². The molecule has 1 atom stereocenters. The van der Waals surface area contributed by atoms with Crippen LogP contribution in [-0.4, -0.2) is 18.5 Å². The van der Waals surface area contributed by atoms with Gasteiger partial charge in [-0.1, -0.05) is 13.8 Å². The Labute approximate surface area is 114 Å². The fourth-order valence-corrected chi connectivity index (χ4v) is 2.41. The first-order chi connectivity index (χ1) is 8.93. The average molecular weight is 262 g/mol. The molecule has 0 radical (unpaired) electrons. The molecule has 0 spiro atoms. The lowest BCUT2D eigenvalue weighted by atomic mass is 9.86. The molecule has 1 heterocycles. The molecule has 0 aliphatic carbocycles. The fraction of sp³-hybridized carbons (Fsp3) is 0.562. The van der Waals surface area contributed by atoms with Crippen LogP contribution in [0.15, 0.2) is 18.2 Å². The van der Waals surface area contributed by atoms with Crippen molar-refractivity contribution in [3.63, 3.8) is 0 Å². The van der Waals surface area contributed by atoms with Crippen molar-refractivity contribution in [1.29, 1.82) is 0 Å². The third kappa shape index (κ3) is 3.09. The molecule has 19 heavy (non-hydrogen) atoms. The standard InChI is InChI=1S/C16H22O3/c1-11(2)7-8-16(3)10-14(17)13-6-5-12(18-4)9-15(13)19-16/h5-6,9,11H,7-8,10H2,1-4H3. The first kappa shape index (κ1) is 13.9. The molecule has 0 fully saturated rings. The normalized spacial score (nSPS) is 22.1. The maximum atomic E-state index is 12.2. The van der Waals surface area contributed by atoms with Gasteiger partial charge in [-0.2, -0.15) is 0 Å². The summed E-state index contributed by atoms with van der Waals surface area (Å²) in [5.74, 6) is 2.15. The summed E-state index contributed by atoms with van der Waals surface area (Å²) in [6, 6.07) is 5.40. The number of hydrogen-bond acceptors (Lipinski definition) is 3. The van der Waals surface area contributed by atoms with Crippen LogP contribution in [0, 0.1) is 5.92 Å². The van der Waals surface area contributed by atoms with Gasteiger partial charge in [-0.3, -0.25) is 4.79 Å². The molecule has 0 aromatic heterocycles. The molecule has 0 amide bonds. The third-order valence-corrected chi connectivity index (χ3v) is 3.63. The van der Waals surface area contributed by atoms with E-state index in [0.717, 1.165) is 18.6 Å². The first-order valence-corrected chi connectivity index (χ1v) is 6.84. The van der Waals surface area contributed by atoms with Crippen molar-refractivity contribution in [3.05, 3.63) is 23.8 Å². The van der Waals surface area contributed by atoms with E-state index in [2.05, 4.69) is 13.8 Å². The van der Waals surface area contributed by atoms with Gasteiger partial charge in [0.2, 0.25) is 0 Å². The van der Waals surface area contributed by atoms with Crippen LogP contribution in [0.3, 0.4) is 0 Å². The van der Waals surface area contributed by atoms with Crippen LogP contribution in [0.2, 0.25) is 0 Å². The van der Waals surface area contributed by atoms with Crippen molar-refractivity contribution < 1.29 is 14.3 Å². The largest absolute Gasteiger partial charge is 0.497 e. The Bertz CT molecular complexity index is 479. The number of ketones is 1.